The molecule has 0 bridgehead atoms. The molecule has 2 rings (SSSR count). The second kappa shape index (κ2) is 6.95. The third kappa shape index (κ3) is 3.73. The number of tetrazole rings is 1. The quantitative estimate of drug-likeness (QED) is 0.808. The van der Waals surface area contributed by atoms with Crippen LogP contribution in [0.3, 0.4) is 0 Å². The molecule has 0 saturated carbocycles. The van der Waals surface area contributed by atoms with Gasteiger partial charge in [-0.15, -0.1) is 5.10 Å². The number of ether oxygens (including phenoxy) is 1. The maximum absolute atomic E-state index is 6.17. The number of benzene rings is 1. The van der Waals surface area contributed by atoms with Crippen LogP contribution in [0.25, 0.3) is 5.69 Å². The molecule has 6 nitrogen and oxygen atoms in total. The molecule has 0 saturated heterocycles. The van der Waals surface area contributed by atoms with Crippen molar-refractivity contribution in [2.45, 2.75) is 6.54 Å². The summed E-state index contributed by atoms with van der Waals surface area (Å²) < 4.78 is 7.50. The van der Waals surface area contributed by atoms with E-state index in [1.54, 1.807) is 17.9 Å². The van der Waals surface area contributed by atoms with E-state index < -0.39 is 0 Å². The van der Waals surface area contributed by atoms with Crippen LogP contribution in [0, 0.1) is 0 Å². The Morgan fingerprint density at radius 3 is 3.11 bits per heavy atom. The van der Waals surface area contributed by atoms with Crippen molar-refractivity contribution in [1.29, 1.82) is 0 Å². The maximum Gasteiger partial charge on any atom is 0.170 e. The van der Waals surface area contributed by atoms with Gasteiger partial charge in [0.2, 0.25) is 0 Å². The van der Waals surface area contributed by atoms with E-state index in [0.717, 1.165) is 16.7 Å². The molecule has 8 heteroatoms. The van der Waals surface area contributed by atoms with Crippen molar-refractivity contribution in [3.63, 3.8) is 0 Å². The first kappa shape index (κ1) is 14.4. The number of halogens is 2. The van der Waals surface area contributed by atoms with Crippen molar-refractivity contribution in [2.75, 3.05) is 20.3 Å². The summed E-state index contributed by atoms with van der Waals surface area (Å²) in [5, 5.41) is 15.4. The summed E-state index contributed by atoms with van der Waals surface area (Å²) in [5.41, 5.74) is 0.740. The van der Waals surface area contributed by atoms with E-state index in [9.17, 15) is 0 Å². The molecule has 0 aliphatic heterocycles. The minimum Gasteiger partial charge on any atom is -0.383 e. The molecule has 102 valence electrons. The maximum atomic E-state index is 6.17. The molecule has 0 unspecified atom stereocenters. The zero-order chi connectivity index (χ0) is 13.7. The van der Waals surface area contributed by atoms with Crippen molar-refractivity contribution < 1.29 is 4.74 Å². The predicted molar refractivity (Wildman–Crippen MR) is 75.4 cm³/mol. The Hall–Kier alpha value is -1.02. The van der Waals surface area contributed by atoms with Gasteiger partial charge in [0.05, 0.1) is 23.9 Å². The van der Waals surface area contributed by atoms with Crippen LogP contribution in [-0.2, 0) is 11.3 Å². The minimum atomic E-state index is 0.541. The smallest absolute Gasteiger partial charge is 0.170 e. The Bertz CT molecular complexity index is 548. The van der Waals surface area contributed by atoms with Crippen molar-refractivity contribution in [2.24, 2.45) is 0 Å². The van der Waals surface area contributed by atoms with Gasteiger partial charge in [-0.2, -0.15) is 4.68 Å². The highest BCUT2D eigenvalue weighted by Crippen LogP contribution is 2.24. The average Bonchev–Trinajstić information content (AvgIpc) is 2.86. The fourth-order valence-corrected chi connectivity index (χ4v) is 2.07. The first-order valence-electron chi connectivity index (χ1n) is 5.64. The topological polar surface area (TPSA) is 64.9 Å². The molecule has 1 N–H and O–H groups in total. The van der Waals surface area contributed by atoms with Crippen molar-refractivity contribution in [1.82, 2.24) is 25.5 Å². The number of hydrogen-bond donors (Lipinski definition) is 1. The highest BCUT2D eigenvalue weighted by Gasteiger charge is 2.11. The second-order valence-electron chi connectivity index (χ2n) is 3.77. The van der Waals surface area contributed by atoms with Gasteiger partial charge in [-0.25, -0.2) is 0 Å². The van der Waals surface area contributed by atoms with E-state index in [1.807, 2.05) is 12.1 Å². The van der Waals surface area contributed by atoms with Gasteiger partial charge in [-0.05, 0) is 28.6 Å². The molecule has 1 aromatic carbocycles. The third-order valence-corrected chi connectivity index (χ3v) is 3.25. The standard InChI is InChI=1S/C11H13BrClN5O/c1-19-5-4-14-7-11-15-16-17-18(11)10-6-8(12)2-3-9(10)13/h2-3,6,14H,4-5,7H2,1H3. The Morgan fingerprint density at radius 2 is 2.32 bits per heavy atom. The molecule has 1 heterocycles. The van der Waals surface area contributed by atoms with Gasteiger partial charge in [0, 0.05) is 18.1 Å². The second-order valence-corrected chi connectivity index (χ2v) is 5.10. The molecule has 2 aromatic rings. The van der Waals surface area contributed by atoms with E-state index in [1.165, 1.54) is 0 Å². The van der Waals surface area contributed by atoms with Crippen LogP contribution in [0.2, 0.25) is 5.02 Å². The van der Waals surface area contributed by atoms with Crippen LogP contribution in [0.4, 0.5) is 0 Å². The fraction of sp³-hybridized carbons (Fsp3) is 0.364. The molecule has 0 amide bonds. The van der Waals surface area contributed by atoms with Gasteiger partial charge in [-0.3, -0.25) is 0 Å². The number of rotatable bonds is 6. The van der Waals surface area contributed by atoms with Crippen LogP contribution in [0.15, 0.2) is 22.7 Å². The number of aromatic nitrogens is 4. The molecule has 19 heavy (non-hydrogen) atoms. The summed E-state index contributed by atoms with van der Waals surface area (Å²) in [5.74, 6) is 0.691. The molecular formula is C11H13BrClN5O. The summed E-state index contributed by atoms with van der Waals surface area (Å²) in [4.78, 5) is 0. The van der Waals surface area contributed by atoms with E-state index >= 15 is 0 Å². The van der Waals surface area contributed by atoms with Crippen LogP contribution in [0.1, 0.15) is 5.82 Å². The number of nitrogens with one attached hydrogen (secondary N) is 1. The normalized spacial score (nSPS) is 10.9. The van der Waals surface area contributed by atoms with Gasteiger partial charge in [0.25, 0.3) is 0 Å². The lowest BCUT2D eigenvalue weighted by Crippen LogP contribution is -2.21. The summed E-state index contributed by atoms with van der Waals surface area (Å²) in [6.45, 7) is 1.91. The van der Waals surface area contributed by atoms with Gasteiger partial charge in [0.15, 0.2) is 5.82 Å². The Balaban J connectivity index is 2.16. The average molecular weight is 347 g/mol. The van der Waals surface area contributed by atoms with Gasteiger partial charge >= 0.3 is 0 Å². The fourth-order valence-electron chi connectivity index (χ4n) is 1.53. The SMILES string of the molecule is COCCNCc1nnnn1-c1cc(Br)ccc1Cl. The Kier molecular flexibility index (Phi) is 5.26. The molecular weight excluding hydrogens is 334 g/mol. The third-order valence-electron chi connectivity index (χ3n) is 2.44. The predicted octanol–water partition coefficient (Wildman–Crippen LogP) is 1.81. The molecule has 0 aliphatic carbocycles. The van der Waals surface area contributed by atoms with Crippen LogP contribution >= 0.6 is 27.5 Å². The summed E-state index contributed by atoms with van der Waals surface area (Å²) in [6, 6.07) is 5.54. The van der Waals surface area contributed by atoms with Crippen molar-refractivity contribution in [3.05, 3.63) is 33.5 Å². The van der Waals surface area contributed by atoms with E-state index in [2.05, 4.69) is 36.8 Å². The lowest BCUT2D eigenvalue weighted by molar-refractivity contribution is 0.199. The molecule has 0 spiro atoms. The summed E-state index contributed by atoms with van der Waals surface area (Å²) in [6.07, 6.45) is 0. The first-order valence-corrected chi connectivity index (χ1v) is 6.82. The van der Waals surface area contributed by atoms with Crippen LogP contribution in [-0.4, -0.2) is 40.5 Å². The molecule has 1 aromatic heterocycles. The van der Waals surface area contributed by atoms with Crippen molar-refractivity contribution >= 4 is 27.5 Å². The summed E-state index contributed by atoms with van der Waals surface area (Å²) in [7, 11) is 1.66. The highest BCUT2D eigenvalue weighted by atomic mass is 79.9. The number of nitrogens with zero attached hydrogens (tertiary/aromatic N) is 4. The largest absolute Gasteiger partial charge is 0.383 e. The lowest BCUT2D eigenvalue weighted by Gasteiger charge is -2.08. The Labute approximate surface area is 124 Å². The molecule has 0 radical (unpaired) electrons. The van der Waals surface area contributed by atoms with E-state index in [-0.39, 0.29) is 0 Å². The Morgan fingerprint density at radius 1 is 1.47 bits per heavy atom. The zero-order valence-corrected chi connectivity index (χ0v) is 12.6. The lowest BCUT2D eigenvalue weighted by atomic mass is 10.3. The van der Waals surface area contributed by atoms with Gasteiger partial charge in [0.1, 0.15) is 0 Å². The molecule has 0 atom stereocenters. The number of hydrogen-bond acceptors (Lipinski definition) is 5. The first-order chi connectivity index (χ1) is 9.22. The van der Waals surface area contributed by atoms with E-state index in [4.69, 9.17) is 16.3 Å². The molecule has 0 aliphatic rings. The zero-order valence-electron chi connectivity index (χ0n) is 10.3. The molecule has 0 fully saturated rings. The van der Waals surface area contributed by atoms with E-state index in [0.29, 0.717) is 24.0 Å². The van der Waals surface area contributed by atoms with Gasteiger partial charge < -0.3 is 10.1 Å². The van der Waals surface area contributed by atoms with Gasteiger partial charge in [-0.1, -0.05) is 27.5 Å². The van der Waals surface area contributed by atoms with Crippen LogP contribution in [0.5, 0.6) is 0 Å². The van der Waals surface area contributed by atoms with Crippen molar-refractivity contribution in [3.8, 4) is 5.69 Å². The summed E-state index contributed by atoms with van der Waals surface area (Å²) >= 11 is 9.57. The highest BCUT2D eigenvalue weighted by molar-refractivity contribution is 9.10. The minimum absolute atomic E-state index is 0.541. The van der Waals surface area contributed by atoms with Crippen LogP contribution < -0.4 is 5.32 Å². The monoisotopic (exact) mass is 345 g/mol. The number of methoxy groups -OCH3 is 1.